The lowest BCUT2D eigenvalue weighted by atomic mass is 10.0. The van der Waals surface area contributed by atoms with E-state index in [0.717, 1.165) is 30.8 Å². The first-order valence-corrected chi connectivity index (χ1v) is 6.38. The zero-order chi connectivity index (χ0) is 12.8. The van der Waals surface area contributed by atoms with Crippen molar-refractivity contribution in [2.75, 3.05) is 20.2 Å². The Morgan fingerprint density at radius 2 is 2.16 bits per heavy atom. The van der Waals surface area contributed by atoms with Crippen LogP contribution in [0.4, 0.5) is 0 Å². The minimum atomic E-state index is 0. The van der Waals surface area contributed by atoms with Crippen LogP contribution in [-0.4, -0.2) is 26.1 Å². The van der Waals surface area contributed by atoms with E-state index < -0.39 is 0 Å². The number of carbonyl (C=O) groups is 1. The second-order valence-corrected chi connectivity index (χ2v) is 4.69. The lowest BCUT2D eigenvalue weighted by Crippen LogP contribution is -2.25. The van der Waals surface area contributed by atoms with E-state index in [1.165, 1.54) is 0 Å². The van der Waals surface area contributed by atoms with E-state index in [1.807, 2.05) is 24.3 Å². The van der Waals surface area contributed by atoms with Crippen molar-refractivity contribution in [2.45, 2.75) is 19.4 Å². The van der Waals surface area contributed by atoms with E-state index in [1.54, 1.807) is 7.11 Å². The van der Waals surface area contributed by atoms with Crippen LogP contribution in [0.25, 0.3) is 0 Å². The van der Waals surface area contributed by atoms with E-state index in [0.29, 0.717) is 18.9 Å². The molecule has 1 aromatic carbocycles. The van der Waals surface area contributed by atoms with Gasteiger partial charge in [-0.05, 0) is 43.1 Å². The molecule has 0 radical (unpaired) electrons. The fraction of sp³-hybridized carbons (Fsp3) is 0.500. The van der Waals surface area contributed by atoms with Gasteiger partial charge in [0.15, 0.2) is 0 Å². The van der Waals surface area contributed by atoms with Gasteiger partial charge in [-0.15, -0.1) is 12.4 Å². The minimum Gasteiger partial charge on any atom is -0.497 e. The summed E-state index contributed by atoms with van der Waals surface area (Å²) in [5, 5.41) is 6.23. The molecule has 1 atom stereocenters. The monoisotopic (exact) mass is 284 g/mol. The predicted molar refractivity (Wildman–Crippen MR) is 77.7 cm³/mol. The normalized spacial score (nSPS) is 17.6. The van der Waals surface area contributed by atoms with Crippen LogP contribution in [0.5, 0.6) is 5.75 Å². The topological polar surface area (TPSA) is 50.4 Å². The molecule has 0 bridgehead atoms. The highest BCUT2D eigenvalue weighted by Gasteiger charge is 2.17. The molecule has 5 heteroatoms. The number of halogens is 1. The molecule has 19 heavy (non-hydrogen) atoms. The van der Waals surface area contributed by atoms with Crippen LogP contribution in [0.3, 0.4) is 0 Å². The number of carbonyl (C=O) groups excluding carboxylic acids is 1. The molecule has 1 aromatic rings. The van der Waals surface area contributed by atoms with Crippen molar-refractivity contribution < 1.29 is 9.53 Å². The van der Waals surface area contributed by atoms with E-state index in [4.69, 9.17) is 4.74 Å². The van der Waals surface area contributed by atoms with Gasteiger partial charge in [-0.1, -0.05) is 12.1 Å². The molecule has 2 rings (SSSR count). The van der Waals surface area contributed by atoms with E-state index >= 15 is 0 Å². The third kappa shape index (κ3) is 5.09. The van der Waals surface area contributed by atoms with Gasteiger partial charge in [0.05, 0.1) is 7.11 Å². The van der Waals surface area contributed by atoms with Gasteiger partial charge >= 0.3 is 0 Å². The van der Waals surface area contributed by atoms with E-state index in [2.05, 4.69) is 10.6 Å². The van der Waals surface area contributed by atoms with Gasteiger partial charge in [-0.25, -0.2) is 0 Å². The molecule has 0 aliphatic carbocycles. The summed E-state index contributed by atoms with van der Waals surface area (Å²) in [5.74, 6) is 1.47. The first-order valence-electron chi connectivity index (χ1n) is 6.38. The highest BCUT2D eigenvalue weighted by Crippen LogP contribution is 2.13. The van der Waals surface area contributed by atoms with Crippen LogP contribution in [0.1, 0.15) is 18.4 Å². The summed E-state index contributed by atoms with van der Waals surface area (Å²) >= 11 is 0. The van der Waals surface area contributed by atoms with Crippen molar-refractivity contribution in [2.24, 2.45) is 5.92 Å². The molecule has 1 amide bonds. The summed E-state index contributed by atoms with van der Waals surface area (Å²) in [6.07, 6.45) is 1.74. The number of rotatable bonds is 5. The number of hydrogen-bond donors (Lipinski definition) is 2. The number of methoxy groups -OCH3 is 1. The molecule has 1 fully saturated rings. The van der Waals surface area contributed by atoms with Crippen molar-refractivity contribution in [1.82, 2.24) is 10.6 Å². The van der Waals surface area contributed by atoms with Crippen molar-refractivity contribution in [3.05, 3.63) is 29.8 Å². The number of ether oxygens (including phenoxy) is 1. The maximum Gasteiger partial charge on any atom is 0.220 e. The maximum absolute atomic E-state index is 11.7. The van der Waals surface area contributed by atoms with E-state index in [9.17, 15) is 4.79 Å². The molecular weight excluding hydrogens is 264 g/mol. The van der Waals surface area contributed by atoms with Crippen molar-refractivity contribution >= 4 is 18.3 Å². The Bertz CT molecular complexity index is 389. The number of hydrogen-bond acceptors (Lipinski definition) is 3. The zero-order valence-corrected chi connectivity index (χ0v) is 12.0. The fourth-order valence-electron chi connectivity index (χ4n) is 2.17. The molecule has 1 heterocycles. The molecule has 1 aliphatic heterocycles. The summed E-state index contributed by atoms with van der Waals surface area (Å²) < 4.78 is 5.09. The minimum absolute atomic E-state index is 0. The summed E-state index contributed by atoms with van der Waals surface area (Å²) in [6.45, 7) is 2.59. The van der Waals surface area contributed by atoms with Gasteiger partial charge in [-0.3, -0.25) is 4.79 Å². The lowest BCUT2D eigenvalue weighted by Gasteiger charge is -2.09. The molecule has 2 N–H and O–H groups in total. The Balaban J connectivity index is 0.00000180. The van der Waals surface area contributed by atoms with Crippen LogP contribution >= 0.6 is 12.4 Å². The van der Waals surface area contributed by atoms with E-state index in [-0.39, 0.29) is 18.3 Å². The van der Waals surface area contributed by atoms with Gasteiger partial charge in [0.2, 0.25) is 5.91 Å². The third-order valence-electron chi connectivity index (χ3n) is 3.29. The average Bonchev–Trinajstić information content (AvgIpc) is 2.90. The van der Waals surface area contributed by atoms with Gasteiger partial charge in [-0.2, -0.15) is 0 Å². The van der Waals surface area contributed by atoms with Crippen molar-refractivity contribution in [3.63, 3.8) is 0 Å². The Morgan fingerprint density at radius 1 is 1.42 bits per heavy atom. The number of amides is 1. The molecule has 1 unspecified atom stereocenters. The molecule has 0 saturated carbocycles. The fourth-order valence-corrected chi connectivity index (χ4v) is 2.17. The van der Waals surface area contributed by atoms with Crippen LogP contribution in [-0.2, 0) is 11.3 Å². The smallest absolute Gasteiger partial charge is 0.220 e. The van der Waals surface area contributed by atoms with Crippen LogP contribution < -0.4 is 15.4 Å². The first-order chi connectivity index (χ1) is 8.78. The molecule has 0 aromatic heterocycles. The van der Waals surface area contributed by atoms with Crippen LogP contribution in [0.15, 0.2) is 24.3 Å². The summed E-state index contributed by atoms with van der Waals surface area (Å²) in [7, 11) is 1.65. The highest BCUT2D eigenvalue weighted by atomic mass is 35.5. The van der Waals surface area contributed by atoms with Gasteiger partial charge in [0.1, 0.15) is 5.75 Å². The Morgan fingerprint density at radius 3 is 2.74 bits per heavy atom. The van der Waals surface area contributed by atoms with Crippen molar-refractivity contribution in [1.29, 1.82) is 0 Å². The Kier molecular flexibility index (Phi) is 6.67. The standard InChI is InChI=1S/C14H20N2O2.ClH/c1-18-13-4-2-11(3-5-13)10-16-14(17)8-12-6-7-15-9-12;/h2-5,12,15H,6-10H2,1H3,(H,16,17);1H. The van der Waals surface area contributed by atoms with Crippen LogP contribution in [0, 0.1) is 5.92 Å². The highest BCUT2D eigenvalue weighted by molar-refractivity contribution is 5.85. The molecule has 0 spiro atoms. The Labute approximate surface area is 120 Å². The number of benzene rings is 1. The summed E-state index contributed by atoms with van der Waals surface area (Å²) in [5.41, 5.74) is 1.09. The zero-order valence-electron chi connectivity index (χ0n) is 11.1. The Hall–Kier alpha value is -1.26. The molecule has 1 saturated heterocycles. The number of nitrogens with one attached hydrogen (secondary N) is 2. The quantitative estimate of drug-likeness (QED) is 0.866. The third-order valence-corrected chi connectivity index (χ3v) is 3.29. The second kappa shape index (κ2) is 8.02. The van der Waals surface area contributed by atoms with Gasteiger partial charge < -0.3 is 15.4 Å². The molecular formula is C14H21ClN2O2. The van der Waals surface area contributed by atoms with Gasteiger partial charge in [0, 0.05) is 13.0 Å². The molecule has 4 nitrogen and oxygen atoms in total. The second-order valence-electron chi connectivity index (χ2n) is 4.69. The predicted octanol–water partition coefficient (Wildman–Crippen LogP) is 1.73. The average molecular weight is 285 g/mol. The molecule has 106 valence electrons. The molecule has 1 aliphatic rings. The first kappa shape index (κ1) is 15.8. The SMILES string of the molecule is COc1ccc(CNC(=O)CC2CCNC2)cc1.Cl. The van der Waals surface area contributed by atoms with Crippen molar-refractivity contribution in [3.8, 4) is 5.75 Å². The lowest BCUT2D eigenvalue weighted by molar-refractivity contribution is -0.122. The largest absolute Gasteiger partial charge is 0.497 e. The maximum atomic E-state index is 11.7. The van der Waals surface area contributed by atoms with Crippen LogP contribution in [0.2, 0.25) is 0 Å². The summed E-state index contributed by atoms with van der Waals surface area (Å²) in [6, 6.07) is 7.75. The van der Waals surface area contributed by atoms with Gasteiger partial charge in [0.25, 0.3) is 0 Å². The summed E-state index contributed by atoms with van der Waals surface area (Å²) in [4.78, 5) is 11.7.